The molecule has 23 heavy (non-hydrogen) atoms. The van der Waals surface area contributed by atoms with Crippen LogP contribution in [0.5, 0.6) is 0 Å². The quantitative estimate of drug-likeness (QED) is 0.759. The summed E-state index contributed by atoms with van der Waals surface area (Å²) >= 11 is 0. The van der Waals surface area contributed by atoms with Crippen molar-refractivity contribution in [3.05, 3.63) is 70.8 Å². The molecule has 0 saturated carbocycles. The molecule has 2 unspecified atom stereocenters. The van der Waals surface area contributed by atoms with Crippen LogP contribution in [0.4, 0.5) is 0 Å². The Morgan fingerprint density at radius 2 is 1.09 bits per heavy atom. The number of rotatable bonds is 6. The summed E-state index contributed by atoms with van der Waals surface area (Å²) in [6.45, 7) is 5.73. The molecule has 0 spiro atoms. The van der Waals surface area contributed by atoms with Crippen molar-refractivity contribution in [3.63, 3.8) is 0 Å². The molecule has 3 nitrogen and oxygen atoms in total. The monoisotopic (exact) mass is 310 g/mol. The normalized spacial score (nSPS) is 25.0. The number of ether oxygens (including phenoxy) is 3. The molecule has 2 saturated heterocycles. The van der Waals surface area contributed by atoms with E-state index in [0.717, 1.165) is 13.2 Å². The number of hydrogen-bond acceptors (Lipinski definition) is 3. The fraction of sp³-hybridized carbons (Fsp3) is 0.400. The summed E-state index contributed by atoms with van der Waals surface area (Å²) in [4.78, 5) is 0. The van der Waals surface area contributed by atoms with Crippen LogP contribution in [0.25, 0.3) is 0 Å². The van der Waals surface area contributed by atoms with Crippen molar-refractivity contribution in [1.29, 1.82) is 0 Å². The van der Waals surface area contributed by atoms with Gasteiger partial charge in [-0.25, -0.2) is 0 Å². The standard InChI is InChI=1S/C20H22O3/c1-13-3-7-15(8-4-13)19(17-11-21-17)23-20(18-12-22-18)16-9-5-14(2)6-10-16/h3-10,17-20H,11-12H2,1-2H3/t17?,18?,19-,20-/m0/s1. The molecule has 2 fully saturated rings. The maximum atomic E-state index is 6.50. The second-order valence-electron chi connectivity index (χ2n) is 6.54. The third-order valence-electron chi connectivity index (χ3n) is 4.50. The zero-order valence-electron chi connectivity index (χ0n) is 13.6. The van der Waals surface area contributed by atoms with Gasteiger partial charge in [-0.15, -0.1) is 0 Å². The maximum Gasteiger partial charge on any atom is 0.112 e. The number of aryl methyl sites for hydroxylation is 2. The van der Waals surface area contributed by atoms with E-state index in [1.54, 1.807) is 0 Å². The Hall–Kier alpha value is -1.68. The first-order valence-corrected chi connectivity index (χ1v) is 8.22. The van der Waals surface area contributed by atoms with Gasteiger partial charge in [0.25, 0.3) is 0 Å². The van der Waals surface area contributed by atoms with E-state index in [2.05, 4.69) is 62.4 Å². The summed E-state index contributed by atoms with van der Waals surface area (Å²) in [5.74, 6) is 0. The molecule has 2 aliphatic heterocycles. The van der Waals surface area contributed by atoms with Gasteiger partial charge in [0.1, 0.15) is 24.4 Å². The lowest BCUT2D eigenvalue weighted by atomic mass is 10.0. The third-order valence-corrected chi connectivity index (χ3v) is 4.50. The number of benzene rings is 2. The second kappa shape index (κ2) is 6.08. The van der Waals surface area contributed by atoms with Crippen molar-refractivity contribution in [2.75, 3.05) is 13.2 Å². The van der Waals surface area contributed by atoms with E-state index in [9.17, 15) is 0 Å². The van der Waals surface area contributed by atoms with Gasteiger partial charge in [-0.3, -0.25) is 0 Å². The van der Waals surface area contributed by atoms with Crippen molar-refractivity contribution in [3.8, 4) is 0 Å². The van der Waals surface area contributed by atoms with E-state index in [0.29, 0.717) is 0 Å². The van der Waals surface area contributed by atoms with E-state index in [1.165, 1.54) is 22.3 Å². The molecule has 2 aromatic carbocycles. The lowest BCUT2D eigenvalue weighted by Gasteiger charge is -2.24. The third kappa shape index (κ3) is 3.47. The second-order valence-corrected chi connectivity index (χ2v) is 6.54. The minimum atomic E-state index is -0.0360. The van der Waals surface area contributed by atoms with Gasteiger partial charge in [0, 0.05) is 0 Å². The average Bonchev–Trinajstić information content (AvgIpc) is 3.45. The molecular weight excluding hydrogens is 288 g/mol. The molecular formula is C20H22O3. The van der Waals surface area contributed by atoms with Crippen LogP contribution in [0.2, 0.25) is 0 Å². The fourth-order valence-electron chi connectivity index (χ4n) is 2.89. The lowest BCUT2D eigenvalue weighted by Crippen LogP contribution is -2.19. The number of epoxide rings is 2. The first-order chi connectivity index (χ1) is 11.2. The van der Waals surface area contributed by atoms with Crippen LogP contribution in [0, 0.1) is 13.8 Å². The van der Waals surface area contributed by atoms with Crippen LogP contribution in [0.15, 0.2) is 48.5 Å². The van der Waals surface area contributed by atoms with Crippen LogP contribution in [0.3, 0.4) is 0 Å². The molecule has 0 amide bonds. The molecule has 3 heteroatoms. The van der Waals surface area contributed by atoms with E-state index < -0.39 is 0 Å². The van der Waals surface area contributed by atoms with E-state index in [1.807, 2.05) is 0 Å². The molecule has 120 valence electrons. The summed E-state index contributed by atoms with van der Waals surface area (Å²) in [6, 6.07) is 17.1. The van der Waals surface area contributed by atoms with Crippen molar-refractivity contribution < 1.29 is 14.2 Å². The molecule has 0 aromatic heterocycles. The Kier molecular flexibility index (Phi) is 3.93. The summed E-state index contributed by atoms with van der Waals surface area (Å²) in [5, 5.41) is 0. The molecule has 2 heterocycles. The Morgan fingerprint density at radius 3 is 1.39 bits per heavy atom. The molecule has 4 rings (SSSR count). The van der Waals surface area contributed by atoms with Crippen LogP contribution < -0.4 is 0 Å². The van der Waals surface area contributed by atoms with Crippen LogP contribution >= 0.6 is 0 Å². The van der Waals surface area contributed by atoms with Gasteiger partial charge in [0.2, 0.25) is 0 Å². The predicted octanol–water partition coefficient (Wildman–Crippen LogP) is 3.90. The van der Waals surface area contributed by atoms with Gasteiger partial charge < -0.3 is 14.2 Å². The summed E-state index contributed by atoms with van der Waals surface area (Å²) < 4.78 is 17.6. The summed E-state index contributed by atoms with van der Waals surface area (Å²) in [7, 11) is 0. The highest BCUT2D eigenvalue weighted by Crippen LogP contribution is 2.40. The SMILES string of the molecule is Cc1ccc([C@H](O[C@@H](c2ccc(C)cc2)C2CO2)C2CO2)cc1. The minimum absolute atomic E-state index is 0.0360. The Morgan fingerprint density at radius 1 is 0.739 bits per heavy atom. The maximum absolute atomic E-state index is 6.50. The van der Waals surface area contributed by atoms with Crippen molar-refractivity contribution in [2.24, 2.45) is 0 Å². The summed E-state index contributed by atoms with van der Waals surface area (Å²) in [5.41, 5.74) is 4.86. The van der Waals surface area contributed by atoms with Crippen molar-refractivity contribution >= 4 is 0 Å². The van der Waals surface area contributed by atoms with Gasteiger partial charge in [0.05, 0.1) is 13.2 Å². The average molecular weight is 310 g/mol. The fourth-order valence-corrected chi connectivity index (χ4v) is 2.89. The van der Waals surface area contributed by atoms with Crippen molar-refractivity contribution in [1.82, 2.24) is 0 Å². The van der Waals surface area contributed by atoms with E-state index >= 15 is 0 Å². The molecule has 0 aliphatic carbocycles. The Bertz CT molecular complexity index is 595. The smallest absolute Gasteiger partial charge is 0.112 e. The van der Waals surface area contributed by atoms with E-state index in [-0.39, 0.29) is 24.4 Å². The molecule has 2 aromatic rings. The van der Waals surface area contributed by atoms with Gasteiger partial charge in [-0.1, -0.05) is 59.7 Å². The van der Waals surface area contributed by atoms with Gasteiger partial charge in [-0.05, 0) is 25.0 Å². The molecule has 0 radical (unpaired) electrons. The van der Waals surface area contributed by atoms with Crippen LogP contribution in [-0.2, 0) is 14.2 Å². The minimum Gasteiger partial charge on any atom is -0.370 e. The lowest BCUT2D eigenvalue weighted by molar-refractivity contribution is -0.0419. The van der Waals surface area contributed by atoms with Crippen LogP contribution in [0.1, 0.15) is 34.5 Å². The van der Waals surface area contributed by atoms with Gasteiger partial charge >= 0.3 is 0 Å². The first kappa shape index (κ1) is 14.9. The zero-order chi connectivity index (χ0) is 15.8. The Balaban J connectivity index is 1.58. The predicted molar refractivity (Wildman–Crippen MR) is 88.4 cm³/mol. The van der Waals surface area contributed by atoms with Gasteiger partial charge in [0.15, 0.2) is 0 Å². The van der Waals surface area contributed by atoms with Gasteiger partial charge in [-0.2, -0.15) is 0 Å². The molecule has 2 aliphatic rings. The molecule has 4 atom stereocenters. The first-order valence-electron chi connectivity index (χ1n) is 8.22. The highest BCUT2D eigenvalue weighted by Gasteiger charge is 2.41. The highest BCUT2D eigenvalue weighted by molar-refractivity contribution is 5.27. The highest BCUT2D eigenvalue weighted by atomic mass is 16.6. The number of hydrogen-bond donors (Lipinski definition) is 0. The van der Waals surface area contributed by atoms with Crippen molar-refractivity contribution in [2.45, 2.75) is 38.3 Å². The largest absolute Gasteiger partial charge is 0.370 e. The van der Waals surface area contributed by atoms with Crippen LogP contribution in [-0.4, -0.2) is 25.4 Å². The molecule has 0 bridgehead atoms. The topological polar surface area (TPSA) is 34.3 Å². The Labute approximate surface area is 137 Å². The summed E-state index contributed by atoms with van der Waals surface area (Å²) in [6.07, 6.45) is 0.242. The zero-order valence-corrected chi connectivity index (χ0v) is 13.6. The molecule has 0 N–H and O–H groups in total. The van der Waals surface area contributed by atoms with E-state index in [4.69, 9.17) is 14.2 Å².